The first kappa shape index (κ1) is 18.7. The monoisotopic (exact) mass is 348 g/mol. The number of hydrogen-bond donors (Lipinski definition) is 2. The van der Waals surface area contributed by atoms with Crippen molar-refractivity contribution in [3.8, 4) is 0 Å². The topological polar surface area (TPSA) is 105 Å². The average molecular weight is 348 g/mol. The smallest absolute Gasteiger partial charge is 0.315 e. The van der Waals surface area contributed by atoms with E-state index in [1.54, 1.807) is 30.0 Å². The lowest BCUT2D eigenvalue weighted by Gasteiger charge is -2.35. The van der Waals surface area contributed by atoms with Crippen molar-refractivity contribution in [2.24, 2.45) is 0 Å². The summed E-state index contributed by atoms with van der Waals surface area (Å²) in [6.45, 7) is 4.39. The summed E-state index contributed by atoms with van der Waals surface area (Å²) >= 11 is 0. The van der Waals surface area contributed by atoms with E-state index in [4.69, 9.17) is 0 Å². The number of nitro groups is 1. The Morgan fingerprint density at radius 3 is 2.76 bits per heavy atom. The number of carbonyl (C=O) groups is 2. The third-order valence-corrected chi connectivity index (χ3v) is 4.43. The summed E-state index contributed by atoms with van der Waals surface area (Å²) in [5.41, 5.74) is 0.361. The van der Waals surface area contributed by atoms with Gasteiger partial charge in [0.15, 0.2) is 0 Å². The normalized spacial score (nSPS) is 18.3. The molecule has 0 saturated carbocycles. The highest BCUT2D eigenvalue weighted by Crippen LogP contribution is 2.18. The Bertz CT molecular complexity index is 649. The van der Waals surface area contributed by atoms with Crippen molar-refractivity contribution >= 4 is 17.6 Å². The predicted molar refractivity (Wildman–Crippen MR) is 93.0 cm³/mol. The molecule has 2 rings (SSSR count). The number of nitro benzene ring substituents is 1. The minimum absolute atomic E-state index is 0.0179. The van der Waals surface area contributed by atoms with E-state index in [1.165, 1.54) is 6.07 Å². The van der Waals surface area contributed by atoms with E-state index in [1.807, 2.05) is 6.92 Å². The van der Waals surface area contributed by atoms with Gasteiger partial charge in [-0.25, -0.2) is 4.79 Å². The van der Waals surface area contributed by atoms with Crippen molar-refractivity contribution in [2.75, 3.05) is 6.54 Å². The van der Waals surface area contributed by atoms with Crippen LogP contribution in [0.5, 0.6) is 0 Å². The molecule has 0 aromatic heterocycles. The Balaban J connectivity index is 1.87. The summed E-state index contributed by atoms with van der Waals surface area (Å²) in [6, 6.07) is 5.23. The van der Waals surface area contributed by atoms with Crippen LogP contribution in [0.15, 0.2) is 24.3 Å². The van der Waals surface area contributed by atoms with Gasteiger partial charge in [0.1, 0.15) is 6.04 Å². The minimum Gasteiger partial charge on any atom is -0.338 e. The molecule has 8 heteroatoms. The van der Waals surface area contributed by atoms with Gasteiger partial charge in [-0.1, -0.05) is 18.2 Å². The molecule has 1 saturated heterocycles. The molecule has 3 amide bonds. The van der Waals surface area contributed by atoms with Crippen LogP contribution < -0.4 is 10.6 Å². The van der Waals surface area contributed by atoms with E-state index in [0.717, 1.165) is 19.3 Å². The molecule has 2 atom stereocenters. The van der Waals surface area contributed by atoms with Gasteiger partial charge in [-0.3, -0.25) is 14.9 Å². The summed E-state index contributed by atoms with van der Waals surface area (Å²) in [7, 11) is 0. The van der Waals surface area contributed by atoms with E-state index in [9.17, 15) is 19.7 Å². The summed E-state index contributed by atoms with van der Waals surface area (Å²) < 4.78 is 0. The van der Waals surface area contributed by atoms with E-state index < -0.39 is 17.0 Å². The fourth-order valence-electron chi connectivity index (χ4n) is 3.00. The number of piperidine rings is 1. The molecule has 0 spiro atoms. The van der Waals surface area contributed by atoms with Gasteiger partial charge in [0.2, 0.25) is 5.91 Å². The van der Waals surface area contributed by atoms with Crippen LogP contribution in [0.4, 0.5) is 10.5 Å². The fourth-order valence-corrected chi connectivity index (χ4v) is 3.00. The maximum absolute atomic E-state index is 12.5. The van der Waals surface area contributed by atoms with Gasteiger partial charge < -0.3 is 15.5 Å². The number of likely N-dealkylation sites (tertiary alicyclic amines) is 1. The number of nitrogens with zero attached hydrogens (tertiary/aromatic N) is 2. The number of nitrogens with one attached hydrogen (secondary N) is 2. The second-order valence-corrected chi connectivity index (χ2v) is 6.31. The van der Waals surface area contributed by atoms with Crippen LogP contribution >= 0.6 is 0 Å². The Labute approximate surface area is 146 Å². The van der Waals surface area contributed by atoms with E-state index in [2.05, 4.69) is 10.6 Å². The standard InChI is InChI=1S/C17H24N4O4/c1-12-7-5-6-10-20(12)16(22)13(2)19-17(23)18-11-14-8-3-4-9-15(14)21(24)25/h3-4,8-9,12-13H,5-7,10-11H2,1-2H3,(H2,18,19,23)/t12-,13-/m1/s1. The predicted octanol–water partition coefficient (Wildman–Crippen LogP) is 2.18. The zero-order valence-corrected chi connectivity index (χ0v) is 14.5. The maximum atomic E-state index is 12.5. The number of rotatable bonds is 5. The Morgan fingerprint density at radius 1 is 1.36 bits per heavy atom. The first-order valence-electron chi connectivity index (χ1n) is 8.47. The van der Waals surface area contributed by atoms with Crippen molar-refractivity contribution in [1.29, 1.82) is 0 Å². The van der Waals surface area contributed by atoms with Crippen molar-refractivity contribution in [2.45, 2.75) is 51.7 Å². The van der Waals surface area contributed by atoms with Crippen molar-refractivity contribution in [3.05, 3.63) is 39.9 Å². The first-order valence-corrected chi connectivity index (χ1v) is 8.47. The van der Waals surface area contributed by atoms with Gasteiger partial charge in [0.25, 0.3) is 5.69 Å². The third-order valence-electron chi connectivity index (χ3n) is 4.43. The van der Waals surface area contributed by atoms with Crippen LogP contribution in [0.25, 0.3) is 0 Å². The molecule has 1 heterocycles. The highest BCUT2D eigenvalue weighted by molar-refractivity contribution is 5.87. The molecule has 25 heavy (non-hydrogen) atoms. The lowest BCUT2D eigenvalue weighted by atomic mass is 10.0. The molecule has 1 aliphatic heterocycles. The zero-order chi connectivity index (χ0) is 18.4. The molecule has 0 bridgehead atoms. The summed E-state index contributed by atoms with van der Waals surface area (Å²) in [4.78, 5) is 36.8. The Kier molecular flexibility index (Phi) is 6.32. The first-order chi connectivity index (χ1) is 11.9. The van der Waals surface area contributed by atoms with Crippen molar-refractivity contribution < 1.29 is 14.5 Å². The average Bonchev–Trinajstić information content (AvgIpc) is 2.60. The second-order valence-electron chi connectivity index (χ2n) is 6.31. The SMILES string of the molecule is C[C@@H]1CCCCN1C(=O)[C@@H](C)NC(=O)NCc1ccccc1[N+](=O)[O-]. The number of hydrogen-bond acceptors (Lipinski definition) is 4. The van der Waals surface area contributed by atoms with Crippen LogP contribution in [-0.2, 0) is 11.3 Å². The van der Waals surface area contributed by atoms with Gasteiger partial charge in [-0.2, -0.15) is 0 Å². The molecule has 1 aliphatic rings. The van der Waals surface area contributed by atoms with Crippen molar-refractivity contribution in [1.82, 2.24) is 15.5 Å². The minimum atomic E-state index is -0.647. The molecule has 8 nitrogen and oxygen atoms in total. The second kappa shape index (κ2) is 8.46. The fraction of sp³-hybridized carbons (Fsp3) is 0.529. The molecule has 1 aromatic rings. The summed E-state index contributed by atoms with van der Waals surface area (Å²) in [6.07, 6.45) is 3.07. The van der Waals surface area contributed by atoms with Crippen LogP contribution in [-0.4, -0.2) is 40.4 Å². The van der Waals surface area contributed by atoms with Crippen molar-refractivity contribution in [3.63, 3.8) is 0 Å². The number of carbonyl (C=O) groups excluding carboxylic acids is 2. The highest BCUT2D eigenvalue weighted by atomic mass is 16.6. The number of urea groups is 1. The molecule has 0 radical (unpaired) electrons. The molecule has 1 aromatic carbocycles. The van der Waals surface area contributed by atoms with E-state index in [-0.39, 0.29) is 24.2 Å². The molecule has 136 valence electrons. The van der Waals surface area contributed by atoms with Gasteiger partial charge in [-0.05, 0) is 33.1 Å². The summed E-state index contributed by atoms with van der Waals surface area (Å²) in [5.74, 6) is -0.104. The number of benzene rings is 1. The van der Waals surface area contributed by atoms with Crippen LogP contribution in [0, 0.1) is 10.1 Å². The highest BCUT2D eigenvalue weighted by Gasteiger charge is 2.27. The quantitative estimate of drug-likeness (QED) is 0.628. The molecular formula is C17H24N4O4. The molecule has 2 N–H and O–H groups in total. The Hall–Kier alpha value is -2.64. The van der Waals surface area contributed by atoms with Gasteiger partial charge in [0.05, 0.1) is 11.5 Å². The van der Waals surface area contributed by atoms with Crippen LogP contribution in [0.1, 0.15) is 38.7 Å². The molecule has 1 fully saturated rings. The van der Waals surface area contributed by atoms with Gasteiger partial charge in [0, 0.05) is 24.2 Å². The van der Waals surface area contributed by atoms with E-state index in [0.29, 0.717) is 12.1 Å². The summed E-state index contributed by atoms with van der Waals surface area (Å²) in [5, 5.41) is 16.1. The van der Waals surface area contributed by atoms with Gasteiger partial charge in [-0.15, -0.1) is 0 Å². The largest absolute Gasteiger partial charge is 0.338 e. The van der Waals surface area contributed by atoms with Crippen LogP contribution in [0.2, 0.25) is 0 Å². The third kappa shape index (κ3) is 4.91. The molecular weight excluding hydrogens is 324 g/mol. The van der Waals surface area contributed by atoms with Crippen LogP contribution in [0.3, 0.4) is 0 Å². The molecule has 0 aliphatic carbocycles. The maximum Gasteiger partial charge on any atom is 0.315 e. The number of para-hydroxylation sites is 1. The van der Waals surface area contributed by atoms with Gasteiger partial charge >= 0.3 is 6.03 Å². The lowest BCUT2D eigenvalue weighted by molar-refractivity contribution is -0.385. The number of amides is 3. The molecule has 0 unspecified atom stereocenters. The lowest BCUT2D eigenvalue weighted by Crippen LogP contribution is -2.53. The zero-order valence-electron chi connectivity index (χ0n) is 14.5. The Morgan fingerprint density at radius 2 is 2.08 bits per heavy atom. The van der Waals surface area contributed by atoms with E-state index >= 15 is 0 Å².